The number of fused-ring (bicyclic) bond motifs is 1. The number of likely N-dealkylation sites (tertiary alicyclic amines) is 1. The van der Waals surface area contributed by atoms with Crippen molar-refractivity contribution in [2.75, 3.05) is 40.3 Å². The van der Waals surface area contributed by atoms with Crippen molar-refractivity contribution in [1.82, 2.24) is 20.4 Å². The van der Waals surface area contributed by atoms with Crippen LogP contribution in [0.5, 0.6) is 5.75 Å². The van der Waals surface area contributed by atoms with Crippen molar-refractivity contribution >= 4 is 50.8 Å². The van der Waals surface area contributed by atoms with Crippen LogP contribution in [0.15, 0.2) is 48.5 Å². The van der Waals surface area contributed by atoms with Gasteiger partial charge in [-0.2, -0.15) is 13.2 Å². The van der Waals surface area contributed by atoms with Gasteiger partial charge in [0.2, 0.25) is 5.91 Å². The summed E-state index contributed by atoms with van der Waals surface area (Å²) in [7, 11) is 4.09. The topological polar surface area (TPSA) is 111 Å². The lowest BCUT2D eigenvalue weighted by Crippen LogP contribution is -2.50. The monoisotopic (exact) mass is 698 g/mol. The van der Waals surface area contributed by atoms with Crippen LogP contribution < -0.4 is 15.4 Å². The van der Waals surface area contributed by atoms with Crippen LogP contribution in [0.2, 0.25) is 5.02 Å². The summed E-state index contributed by atoms with van der Waals surface area (Å²) >= 11 is 7.94. The number of carboxylic acids is 1. The zero-order valence-electron chi connectivity index (χ0n) is 26.9. The third kappa shape index (κ3) is 12.6. The molecule has 47 heavy (non-hydrogen) atoms. The Morgan fingerprint density at radius 2 is 1.85 bits per heavy atom. The number of carbonyl (C=O) groups excluding carboxylic acids is 2. The first-order valence-electron chi connectivity index (χ1n) is 15.3. The van der Waals surface area contributed by atoms with E-state index in [1.54, 1.807) is 0 Å². The van der Waals surface area contributed by atoms with Crippen LogP contribution in [0, 0.1) is 5.92 Å². The molecule has 3 N–H and O–H groups in total. The number of rotatable bonds is 13. The highest BCUT2D eigenvalue weighted by Gasteiger charge is 2.38. The number of aliphatic carboxylic acids is 1. The van der Waals surface area contributed by atoms with Crippen molar-refractivity contribution in [3.05, 3.63) is 64.0 Å². The molecule has 2 aromatic carbocycles. The van der Waals surface area contributed by atoms with Crippen LogP contribution in [0.4, 0.5) is 13.2 Å². The Morgan fingerprint density at radius 3 is 2.47 bits per heavy atom. The number of carboxylic acid groups (broad SMARTS) is 1. The summed E-state index contributed by atoms with van der Waals surface area (Å²) in [4.78, 5) is 40.3. The lowest BCUT2D eigenvalue weighted by Gasteiger charge is -2.23. The Kier molecular flexibility index (Phi) is 14.3. The Bertz CT molecular complexity index is 1470. The molecule has 0 spiro atoms. The molecule has 0 unspecified atom stereocenters. The number of nitrogens with one attached hydrogen (secondary N) is 2. The van der Waals surface area contributed by atoms with Crippen molar-refractivity contribution in [2.24, 2.45) is 5.92 Å². The Labute approximate surface area is 282 Å². The number of ether oxygens (including phenoxy) is 1. The van der Waals surface area contributed by atoms with Gasteiger partial charge < -0.3 is 25.4 Å². The summed E-state index contributed by atoms with van der Waals surface area (Å²) in [6.07, 6.45) is -2.69. The van der Waals surface area contributed by atoms with Gasteiger partial charge in [-0.25, -0.2) is 4.79 Å². The van der Waals surface area contributed by atoms with Crippen molar-refractivity contribution in [1.29, 1.82) is 0 Å². The van der Waals surface area contributed by atoms with Gasteiger partial charge in [0, 0.05) is 36.9 Å². The number of nitrogens with zero attached hydrogens (tertiary/aromatic N) is 2. The highest BCUT2D eigenvalue weighted by atomic mass is 35.5. The fourth-order valence-electron chi connectivity index (χ4n) is 5.00. The van der Waals surface area contributed by atoms with Crippen LogP contribution in [-0.2, 0) is 16.1 Å². The van der Waals surface area contributed by atoms with E-state index in [0.29, 0.717) is 28.7 Å². The molecule has 4 rings (SSSR count). The second-order valence-corrected chi connectivity index (χ2v) is 13.6. The van der Waals surface area contributed by atoms with Gasteiger partial charge in [-0.1, -0.05) is 49.7 Å². The first-order chi connectivity index (χ1) is 22.1. The highest BCUT2D eigenvalue weighted by Crippen LogP contribution is 2.27. The quantitative estimate of drug-likeness (QED) is 0.186. The van der Waals surface area contributed by atoms with E-state index in [9.17, 15) is 22.8 Å². The maximum absolute atomic E-state index is 13.3. The van der Waals surface area contributed by atoms with E-state index < -0.39 is 18.2 Å². The fourth-order valence-corrected chi connectivity index (χ4v) is 6.23. The lowest BCUT2D eigenvalue weighted by molar-refractivity contribution is -0.192. The Morgan fingerprint density at radius 1 is 1.15 bits per heavy atom. The van der Waals surface area contributed by atoms with Gasteiger partial charge in [0.15, 0.2) is 0 Å². The number of alkyl halides is 3. The number of carbonyl (C=O) groups is 3. The maximum atomic E-state index is 13.3. The number of benzene rings is 2. The summed E-state index contributed by atoms with van der Waals surface area (Å²) in [6, 6.07) is 15.3. The van der Waals surface area contributed by atoms with Crippen molar-refractivity contribution in [3.63, 3.8) is 0 Å². The third-order valence-corrected chi connectivity index (χ3v) is 8.66. The lowest BCUT2D eigenvalue weighted by atomic mass is 10.0. The standard InChI is InChI=1S/C31H41ClN4O3S.C2HF3O2/c1-21(2)16-26(34-31(38)29-18-23-8-5-6-9-28(23)40-29)30(37)33-24-12-14-36(20-24)19-22-10-11-27(25(32)17-22)39-15-7-13-35(3)4;3-2(4,5)1(6)7/h5-6,8-11,17-18,21,24,26H,7,12-16,19-20H2,1-4H3,(H,33,37)(H,34,38);(H,6,7)/t24-,26-;/m0./s1. The van der Waals surface area contributed by atoms with E-state index in [4.69, 9.17) is 26.2 Å². The number of halogens is 4. The van der Waals surface area contributed by atoms with Crippen LogP contribution in [0.25, 0.3) is 10.1 Å². The smallest absolute Gasteiger partial charge is 0.490 e. The van der Waals surface area contributed by atoms with E-state index in [2.05, 4.69) is 40.3 Å². The largest absolute Gasteiger partial charge is 0.492 e. The molecule has 1 aromatic heterocycles. The molecule has 1 aliphatic rings. The van der Waals surface area contributed by atoms with Crippen LogP contribution in [-0.4, -0.2) is 91.3 Å². The third-order valence-electron chi connectivity index (χ3n) is 7.25. The summed E-state index contributed by atoms with van der Waals surface area (Å²) in [6.45, 7) is 8.12. The summed E-state index contributed by atoms with van der Waals surface area (Å²) in [5.74, 6) is -2.09. The van der Waals surface area contributed by atoms with Crippen molar-refractivity contribution < 1.29 is 37.4 Å². The van der Waals surface area contributed by atoms with Gasteiger partial charge in [0.05, 0.1) is 16.5 Å². The fraction of sp³-hybridized carbons (Fsp3) is 0.485. The number of amides is 2. The van der Waals surface area contributed by atoms with Gasteiger partial charge in [0.1, 0.15) is 11.8 Å². The van der Waals surface area contributed by atoms with Crippen LogP contribution >= 0.6 is 22.9 Å². The van der Waals surface area contributed by atoms with E-state index >= 15 is 0 Å². The zero-order valence-corrected chi connectivity index (χ0v) is 28.5. The average Bonchev–Trinajstić information content (AvgIpc) is 3.62. The first-order valence-corrected chi connectivity index (χ1v) is 16.5. The second-order valence-electron chi connectivity index (χ2n) is 12.1. The summed E-state index contributed by atoms with van der Waals surface area (Å²) in [5, 5.41) is 15.0. The molecule has 2 amide bonds. The van der Waals surface area contributed by atoms with E-state index in [-0.39, 0.29) is 23.8 Å². The minimum absolute atomic E-state index is 0.0400. The Hall–Kier alpha value is -3.39. The molecule has 1 fully saturated rings. The Balaban J connectivity index is 0.000000771. The van der Waals surface area contributed by atoms with E-state index in [1.807, 2.05) is 56.6 Å². The molecule has 258 valence electrons. The number of hydrogen-bond donors (Lipinski definition) is 3. The maximum Gasteiger partial charge on any atom is 0.490 e. The minimum atomic E-state index is -5.08. The first kappa shape index (κ1) is 38.1. The van der Waals surface area contributed by atoms with Crippen LogP contribution in [0.1, 0.15) is 48.3 Å². The summed E-state index contributed by atoms with van der Waals surface area (Å²) in [5.41, 5.74) is 1.12. The second kappa shape index (κ2) is 17.7. The van der Waals surface area contributed by atoms with Crippen molar-refractivity contribution in [2.45, 2.75) is 57.9 Å². The minimum Gasteiger partial charge on any atom is -0.492 e. The van der Waals surface area contributed by atoms with Crippen molar-refractivity contribution in [3.8, 4) is 5.75 Å². The molecule has 1 aliphatic heterocycles. The molecular weight excluding hydrogens is 657 g/mol. The van der Waals surface area contributed by atoms with Gasteiger partial charge in [-0.05, 0) is 74.5 Å². The average molecular weight is 699 g/mol. The highest BCUT2D eigenvalue weighted by molar-refractivity contribution is 7.20. The molecule has 1 saturated heterocycles. The van der Waals surface area contributed by atoms with Gasteiger partial charge >= 0.3 is 12.1 Å². The molecule has 0 aliphatic carbocycles. The molecule has 0 bridgehead atoms. The van der Waals surface area contributed by atoms with E-state index in [0.717, 1.165) is 54.7 Å². The van der Waals surface area contributed by atoms with Gasteiger partial charge in [0.25, 0.3) is 5.91 Å². The molecule has 2 heterocycles. The molecule has 2 atom stereocenters. The van der Waals surface area contributed by atoms with Crippen LogP contribution in [0.3, 0.4) is 0 Å². The molecular formula is C33H42ClF3N4O5S. The predicted molar refractivity (Wildman–Crippen MR) is 178 cm³/mol. The number of thiophene rings is 1. The summed E-state index contributed by atoms with van der Waals surface area (Å²) < 4.78 is 38.6. The number of hydrogen-bond acceptors (Lipinski definition) is 7. The van der Waals surface area contributed by atoms with Gasteiger partial charge in [-0.15, -0.1) is 11.3 Å². The zero-order chi connectivity index (χ0) is 34.7. The SMILES string of the molecule is CC(C)C[C@H](NC(=O)c1cc2ccccc2s1)C(=O)N[C@H]1CCN(Cc2ccc(OCCCN(C)C)c(Cl)c2)C1.O=C(O)C(F)(F)F. The molecule has 14 heteroatoms. The molecule has 0 saturated carbocycles. The predicted octanol–water partition coefficient (Wildman–Crippen LogP) is 6.05. The normalized spacial score (nSPS) is 15.7. The van der Waals surface area contributed by atoms with E-state index in [1.165, 1.54) is 11.3 Å². The van der Waals surface area contributed by atoms with Gasteiger partial charge in [-0.3, -0.25) is 14.5 Å². The molecule has 9 nitrogen and oxygen atoms in total. The molecule has 0 radical (unpaired) electrons. The molecule has 3 aromatic rings.